The van der Waals surface area contributed by atoms with E-state index < -0.39 is 18.5 Å². The molecule has 3 nitrogen and oxygen atoms in total. The average Bonchev–Trinajstić information content (AvgIpc) is 2.48. The fourth-order valence-electron chi connectivity index (χ4n) is 1.77. The van der Waals surface area contributed by atoms with Gasteiger partial charge in [0.05, 0.1) is 6.10 Å². The Morgan fingerprint density at radius 1 is 1.05 bits per heavy atom. The first-order valence-corrected chi connectivity index (χ1v) is 7.90. The predicted octanol–water partition coefficient (Wildman–Crippen LogP) is 4.63. The molecule has 0 aromatic heterocycles. The van der Waals surface area contributed by atoms with E-state index in [0.29, 0.717) is 6.42 Å². The summed E-state index contributed by atoms with van der Waals surface area (Å²) in [4.78, 5) is 10.3. The molecule has 0 heterocycles. The molecule has 0 rings (SSSR count). The third-order valence-corrected chi connectivity index (χ3v) is 2.99. The van der Waals surface area contributed by atoms with E-state index in [1.54, 1.807) is 24.3 Å². The minimum absolute atomic E-state index is 0.203. The standard InChI is InChI=1S/C18H30O3/c1-2-3-4-8-11-14-17(19)15-12-9-6-5-7-10-13-16-18(20)21/h5-6,11-12,14-15,17,19H,2-4,7-10,13,16H2,1H3,(H,20,21)/b6-5-,14-11-,15-12-/t17-/m1/s1/i9D/t9-,17-. The molecule has 21 heavy (non-hydrogen) atoms. The van der Waals surface area contributed by atoms with Crippen molar-refractivity contribution >= 4 is 5.97 Å². The van der Waals surface area contributed by atoms with E-state index >= 15 is 0 Å². The van der Waals surface area contributed by atoms with Crippen LogP contribution >= 0.6 is 0 Å². The van der Waals surface area contributed by atoms with Gasteiger partial charge in [-0.15, -0.1) is 0 Å². The van der Waals surface area contributed by atoms with Gasteiger partial charge in [-0.3, -0.25) is 4.79 Å². The molecule has 0 aliphatic heterocycles. The Morgan fingerprint density at radius 3 is 2.43 bits per heavy atom. The maximum atomic E-state index is 10.3. The summed E-state index contributed by atoms with van der Waals surface area (Å²) in [5, 5.41) is 18.2. The van der Waals surface area contributed by atoms with E-state index in [9.17, 15) is 9.90 Å². The normalized spacial score (nSPS) is 15.8. The molecule has 0 radical (unpaired) electrons. The predicted molar refractivity (Wildman–Crippen MR) is 88.3 cm³/mol. The van der Waals surface area contributed by atoms with Crippen molar-refractivity contribution < 1.29 is 16.4 Å². The van der Waals surface area contributed by atoms with Gasteiger partial charge in [-0.2, -0.15) is 0 Å². The molecule has 0 aliphatic carbocycles. The Labute approximate surface area is 130 Å². The van der Waals surface area contributed by atoms with E-state index in [2.05, 4.69) is 6.92 Å². The number of carboxylic acids is 1. The summed E-state index contributed by atoms with van der Waals surface area (Å²) in [6, 6.07) is 0. The number of aliphatic hydroxyl groups is 1. The Hall–Kier alpha value is -1.35. The Kier molecular flexibility index (Phi) is 12.7. The number of carbonyl (C=O) groups is 1. The molecule has 0 amide bonds. The monoisotopic (exact) mass is 295 g/mol. The van der Waals surface area contributed by atoms with Crippen molar-refractivity contribution in [3.05, 3.63) is 36.5 Å². The zero-order chi connectivity index (χ0) is 16.6. The number of rotatable bonds is 13. The second kappa shape index (κ2) is 15.0. The van der Waals surface area contributed by atoms with Crippen molar-refractivity contribution in [2.45, 2.75) is 70.8 Å². The maximum absolute atomic E-state index is 10.3. The first-order valence-electron chi connectivity index (χ1n) is 8.47. The molecule has 120 valence electrons. The molecule has 0 bridgehead atoms. The van der Waals surface area contributed by atoms with Crippen molar-refractivity contribution in [1.29, 1.82) is 0 Å². The molecular formula is C18H30O3. The lowest BCUT2D eigenvalue weighted by Gasteiger charge is -1.97. The molecule has 0 aromatic rings. The van der Waals surface area contributed by atoms with Crippen LogP contribution in [0.25, 0.3) is 0 Å². The number of aliphatic hydroxyl groups excluding tert-OH is 1. The van der Waals surface area contributed by atoms with Crippen LogP contribution in [0.15, 0.2) is 36.5 Å². The Bertz CT molecular complexity index is 361. The van der Waals surface area contributed by atoms with Gasteiger partial charge in [0.25, 0.3) is 0 Å². The van der Waals surface area contributed by atoms with E-state index in [0.717, 1.165) is 25.7 Å². The van der Waals surface area contributed by atoms with Gasteiger partial charge in [-0.1, -0.05) is 56.2 Å². The van der Waals surface area contributed by atoms with Gasteiger partial charge in [0, 0.05) is 7.79 Å². The van der Waals surface area contributed by atoms with Crippen LogP contribution in [0.2, 0.25) is 0 Å². The SMILES string of the molecule is [2H][C@H](/C=C\CCCCC(=O)O)/C=C\[C@H](O)/C=C\CCCCC. The highest BCUT2D eigenvalue weighted by molar-refractivity contribution is 5.66. The largest absolute Gasteiger partial charge is 0.481 e. The molecule has 0 aliphatic rings. The summed E-state index contributed by atoms with van der Waals surface area (Å²) in [5.41, 5.74) is 0. The third kappa shape index (κ3) is 16.6. The van der Waals surface area contributed by atoms with Gasteiger partial charge in [0.2, 0.25) is 0 Å². The third-order valence-electron chi connectivity index (χ3n) is 2.99. The van der Waals surface area contributed by atoms with E-state index in [-0.39, 0.29) is 6.42 Å². The van der Waals surface area contributed by atoms with Crippen LogP contribution in [0.5, 0.6) is 0 Å². The van der Waals surface area contributed by atoms with E-state index in [1.807, 2.05) is 12.2 Å². The van der Waals surface area contributed by atoms with Crippen molar-refractivity contribution in [3.63, 3.8) is 0 Å². The number of hydrogen-bond donors (Lipinski definition) is 2. The smallest absolute Gasteiger partial charge is 0.303 e. The number of allylic oxidation sites excluding steroid dienone is 4. The van der Waals surface area contributed by atoms with Crippen LogP contribution in [-0.4, -0.2) is 22.3 Å². The highest BCUT2D eigenvalue weighted by atomic mass is 16.4. The van der Waals surface area contributed by atoms with Crippen LogP contribution in [0.3, 0.4) is 0 Å². The van der Waals surface area contributed by atoms with Crippen LogP contribution in [-0.2, 0) is 4.79 Å². The van der Waals surface area contributed by atoms with E-state index in [1.165, 1.54) is 12.8 Å². The van der Waals surface area contributed by atoms with Crippen LogP contribution < -0.4 is 0 Å². The van der Waals surface area contributed by atoms with Gasteiger partial charge in [-0.05, 0) is 38.5 Å². The lowest BCUT2D eigenvalue weighted by atomic mass is 10.1. The molecule has 0 saturated carbocycles. The van der Waals surface area contributed by atoms with E-state index in [4.69, 9.17) is 6.48 Å². The molecule has 0 spiro atoms. The van der Waals surface area contributed by atoms with Crippen molar-refractivity contribution in [2.75, 3.05) is 0 Å². The Morgan fingerprint density at radius 2 is 1.71 bits per heavy atom. The van der Waals surface area contributed by atoms with Crippen molar-refractivity contribution in [3.8, 4) is 0 Å². The van der Waals surface area contributed by atoms with Gasteiger partial charge < -0.3 is 10.2 Å². The minimum atomic E-state index is -0.762. The quantitative estimate of drug-likeness (QED) is 0.385. The fourth-order valence-corrected chi connectivity index (χ4v) is 1.77. The Balaban J connectivity index is 3.79. The summed E-state index contributed by atoms with van der Waals surface area (Å²) < 4.78 is 7.78. The van der Waals surface area contributed by atoms with Crippen LogP contribution in [0.1, 0.15) is 66.1 Å². The molecule has 0 saturated heterocycles. The number of hydrogen-bond acceptors (Lipinski definition) is 2. The fraction of sp³-hybridized carbons (Fsp3) is 0.611. The summed E-state index contributed by atoms with van der Waals surface area (Å²) in [6.45, 7) is 2.16. The molecule has 2 atom stereocenters. The maximum Gasteiger partial charge on any atom is 0.303 e. The second-order valence-corrected chi connectivity index (χ2v) is 5.06. The molecule has 2 N–H and O–H groups in total. The van der Waals surface area contributed by atoms with Crippen LogP contribution in [0.4, 0.5) is 0 Å². The summed E-state index contributed by atoms with van der Waals surface area (Å²) in [6.07, 6.45) is 16.6. The van der Waals surface area contributed by atoms with Crippen molar-refractivity contribution in [2.24, 2.45) is 0 Å². The highest BCUT2D eigenvalue weighted by Gasteiger charge is 1.94. The summed E-state index contributed by atoms with van der Waals surface area (Å²) in [5.74, 6) is -0.762. The minimum Gasteiger partial charge on any atom is -0.481 e. The zero-order valence-electron chi connectivity index (χ0n) is 14.1. The molecule has 0 unspecified atom stereocenters. The second-order valence-electron chi connectivity index (χ2n) is 5.06. The van der Waals surface area contributed by atoms with Crippen LogP contribution in [0, 0.1) is 0 Å². The molecule has 0 aromatic carbocycles. The molecular weight excluding hydrogens is 264 g/mol. The van der Waals surface area contributed by atoms with Gasteiger partial charge in [-0.25, -0.2) is 0 Å². The van der Waals surface area contributed by atoms with Crippen molar-refractivity contribution in [1.82, 2.24) is 0 Å². The van der Waals surface area contributed by atoms with Gasteiger partial charge in [0.1, 0.15) is 0 Å². The topological polar surface area (TPSA) is 57.5 Å². The highest BCUT2D eigenvalue weighted by Crippen LogP contribution is 2.03. The molecule has 3 heteroatoms. The first-order chi connectivity index (χ1) is 10.6. The first kappa shape index (κ1) is 17.7. The zero-order valence-corrected chi connectivity index (χ0v) is 13.1. The lowest BCUT2D eigenvalue weighted by molar-refractivity contribution is -0.137. The number of unbranched alkanes of at least 4 members (excludes halogenated alkanes) is 5. The van der Waals surface area contributed by atoms with Gasteiger partial charge >= 0.3 is 5.97 Å². The summed E-state index contributed by atoms with van der Waals surface area (Å²) >= 11 is 0. The van der Waals surface area contributed by atoms with Gasteiger partial charge in [0.15, 0.2) is 0 Å². The average molecular weight is 295 g/mol. The molecule has 0 fully saturated rings. The number of aliphatic carboxylic acids is 1. The summed E-state index contributed by atoms with van der Waals surface area (Å²) in [7, 11) is 0. The number of carboxylic acid groups (broad SMARTS) is 1. The lowest BCUT2D eigenvalue weighted by Crippen LogP contribution is -1.95.